The van der Waals surface area contributed by atoms with Gasteiger partial charge in [-0.1, -0.05) is 50.1 Å². The molecule has 0 aliphatic heterocycles. The molecule has 0 saturated heterocycles. The lowest BCUT2D eigenvalue weighted by Crippen LogP contribution is -2.60. The molecule has 0 spiro atoms. The number of nitrogens with two attached hydrogens (primary N) is 1. The molecule has 2 saturated carbocycles. The molecule has 3 N–H and O–H groups in total. The number of rotatable bonds is 4. The molecule has 1 aromatic carbocycles. The lowest BCUT2D eigenvalue weighted by Gasteiger charge is -2.43. The Hall–Kier alpha value is -1.35. The van der Waals surface area contributed by atoms with E-state index >= 15 is 0 Å². The van der Waals surface area contributed by atoms with Gasteiger partial charge in [0.25, 0.3) is 0 Å². The first-order valence-corrected chi connectivity index (χ1v) is 8.21. The lowest BCUT2D eigenvalue weighted by atomic mass is 9.73. The summed E-state index contributed by atoms with van der Waals surface area (Å²) in [5, 5.41) is 3.37. The van der Waals surface area contributed by atoms with E-state index in [0.29, 0.717) is 12.5 Å². The molecule has 0 heterocycles. The minimum atomic E-state index is -0.291. The lowest BCUT2D eigenvalue weighted by molar-refractivity contribution is -0.126. The summed E-state index contributed by atoms with van der Waals surface area (Å²) >= 11 is 0. The van der Waals surface area contributed by atoms with Gasteiger partial charge in [0.2, 0.25) is 5.91 Å². The van der Waals surface area contributed by atoms with Crippen molar-refractivity contribution in [3.05, 3.63) is 35.9 Å². The van der Waals surface area contributed by atoms with Gasteiger partial charge in [-0.3, -0.25) is 4.79 Å². The maximum atomic E-state index is 12.9. The fourth-order valence-corrected chi connectivity index (χ4v) is 3.83. The highest BCUT2D eigenvalue weighted by Crippen LogP contribution is 2.49. The van der Waals surface area contributed by atoms with E-state index in [1.807, 2.05) is 18.2 Å². The quantitative estimate of drug-likeness (QED) is 0.894. The molecule has 21 heavy (non-hydrogen) atoms. The Morgan fingerprint density at radius 2 is 1.95 bits per heavy atom. The number of hydrogen-bond donors (Lipinski definition) is 2. The van der Waals surface area contributed by atoms with Crippen LogP contribution in [0.4, 0.5) is 0 Å². The molecule has 3 heteroatoms. The molecule has 2 aliphatic rings. The maximum Gasteiger partial charge on any atom is 0.231 e. The third-order valence-electron chi connectivity index (χ3n) is 5.69. The van der Waals surface area contributed by atoms with Crippen molar-refractivity contribution in [2.24, 2.45) is 11.7 Å². The Labute approximate surface area is 127 Å². The van der Waals surface area contributed by atoms with E-state index in [2.05, 4.69) is 24.4 Å². The van der Waals surface area contributed by atoms with Crippen LogP contribution in [-0.2, 0) is 10.2 Å². The Morgan fingerprint density at radius 1 is 1.24 bits per heavy atom. The topological polar surface area (TPSA) is 55.1 Å². The van der Waals surface area contributed by atoms with Crippen molar-refractivity contribution in [2.45, 2.75) is 56.4 Å². The SMILES string of the molecule is CC1CCCCC1(CN)NC(=O)C1(c2ccccc2)CC1. The van der Waals surface area contributed by atoms with E-state index in [1.54, 1.807) is 0 Å². The third-order valence-corrected chi connectivity index (χ3v) is 5.69. The second kappa shape index (κ2) is 5.45. The van der Waals surface area contributed by atoms with Gasteiger partial charge in [-0.2, -0.15) is 0 Å². The molecule has 3 rings (SSSR count). The van der Waals surface area contributed by atoms with Crippen molar-refractivity contribution in [3.8, 4) is 0 Å². The van der Waals surface area contributed by atoms with Crippen LogP contribution in [0.3, 0.4) is 0 Å². The predicted octanol–water partition coefficient (Wildman–Crippen LogP) is 2.74. The zero-order chi connectivity index (χ0) is 14.9. The summed E-state index contributed by atoms with van der Waals surface area (Å²) in [5.41, 5.74) is 6.73. The molecule has 2 atom stereocenters. The summed E-state index contributed by atoms with van der Waals surface area (Å²) in [6.07, 6.45) is 6.51. The van der Waals surface area contributed by atoms with E-state index in [-0.39, 0.29) is 16.9 Å². The van der Waals surface area contributed by atoms with Crippen LogP contribution in [0.15, 0.2) is 30.3 Å². The van der Waals surface area contributed by atoms with Crippen molar-refractivity contribution in [1.29, 1.82) is 0 Å². The third kappa shape index (κ3) is 2.48. The second-order valence-electron chi connectivity index (χ2n) is 6.91. The summed E-state index contributed by atoms with van der Waals surface area (Å²) in [6.45, 7) is 2.78. The number of nitrogens with one attached hydrogen (secondary N) is 1. The highest BCUT2D eigenvalue weighted by molar-refractivity contribution is 5.91. The normalized spacial score (nSPS) is 30.7. The van der Waals surface area contributed by atoms with Crippen molar-refractivity contribution in [2.75, 3.05) is 6.54 Å². The highest BCUT2D eigenvalue weighted by Gasteiger charge is 2.53. The van der Waals surface area contributed by atoms with Crippen molar-refractivity contribution >= 4 is 5.91 Å². The number of benzene rings is 1. The predicted molar refractivity (Wildman–Crippen MR) is 84.9 cm³/mol. The molecule has 2 unspecified atom stereocenters. The first kappa shape index (κ1) is 14.6. The Bertz CT molecular complexity index is 509. The van der Waals surface area contributed by atoms with Crippen LogP contribution in [0.1, 0.15) is 51.0 Å². The first-order valence-electron chi connectivity index (χ1n) is 8.21. The Kier molecular flexibility index (Phi) is 3.78. The van der Waals surface area contributed by atoms with Gasteiger partial charge >= 0.3 is 0 Å². The molecule has 1 aromatic rings. The van der Waals surface area contributed by atoms with Gasteiger partial charge in [0.05, 0.1) is 11.0 Å². The maximum absolute atomic E-state index is 12.9. The van der Waals surface area contributed by atoms with Gasteiger partial charge in [-0.25, -0.2) is 0 Å². The standard InChI is InChI=1S/C18H26N2O/c1-14-7-5-6-10-18(14,13-19)20-16(21)17(11-12-17)15-8-3-2-4-9-15/h2-4,8-9,14H,5-7,10-13,19H2,1H3,(H,20,21). The molecule has 2 aliphatic carbocycles. The molecule has 2 fully saturated rings. The largest absolute Gasteiger partial charge is 0.348 e. The molecule has 0 radical (unpaired) electrons. The molecule has 1 amide bonds. The average Bonchev–Trinajstić information content (AvgIpc) is 3.32. The molecular formula is C18H26N2O. The van der Waals surface area contributed by atoms with Crippen LogP contribution in [0.25, 0.3) is 0 Å². The Balaban J connectivity index is 1.80. The average molecular weight is 286 g/mol. The fraction of sp³-hybridized carbons (Fsp3) is 0.611. The number of amides is 1. The van der Waals surface area contributed by atoms with Crippen LogP contribution in [0.2, 0.25) is 0 Å². The van der Waals surface area contributed by atoms with Crippen LogP contribution < -0.4 is 11.1 Å². The van der Waals surface area contributed by atoms with Gasteiger partial charge in [-0.15, -0.1) is 0 Å². The molecular weight excluding hydrogens is 260 g/mol. The van der Waals surface area contributed by atoms with E-state index in [1.165, 1.54) is 12.8 Å². The van der Waals surface area contributed by atoms with Crippen molar-refractivity contribution in [3.63, 3.8) is 0 Å². The van der Waals surface area contributed by atoms with Crippen LogP contribution in [0.5, 0.6) is 0 Å². The van der Waals surface area contributed by atoms with E-state index in [4.69, 9.17) is 5.73 Å². The number of carbonyl (C=O) groups is 1. The van der Waals surface area contributed by atoms with Crippen LogP contribution >= 0.6 is 0 Å². The summed E-state index contributed by atoms with van der Waals surface area (Å²) in [6, 6.07) is 10.2. The zero-order valence-corrected chi connectivity index (χ0v) is 12.9. The summed E-state index contributed by atoms with van der Waals surface area (Å²) < 4.78 is 0. The van der Waals surface area contributed by atoms with Gasteiger partial charge in [-0.05, 0) is 37.2 Å². The van der Waals surface area contributed by atoms with Crippen LogP contribution in [-0.4, -0.2) is 18.0 Å². The van der Waals surface area contributed by atoms with Gasteiger partial charge in [0.15, 0.2) is 0 Å². The molecule has 0 aromatic heterocycles. The highest BCUT2D eigenvalue weighted by atomic mass is 16.2. The number of hydrogen-bond acceptors (Lipinski definition) is 2. The van der Waals surface area contributed by atoms with Gasteiger partial charge < -0.3 is 11.1 Å². The summed E-state index contributed by atoms with van der Waals surface area (Å²) in [5.74, 6) is 0.652. The summed E-state index contributed by atoms with van der Waals surface area (Å²) in [4.78, 5) is 12.9. The van der Waals surface area contributed by atoms with Gasteiger partial charge in [0.1, 0.15) is 0 Å². The minimum absolute atomic E-state index is 0.188. The second-order valence-corrected chi connectivity index (χ2v) is 6.91. The smallest absolute Gasteiger partial charge is 0.231 e. The Morgan fingerprint density at radius 3 is 2.52 bits per heavy atom. The summed E-state index contributed by atoms with van der Waals surface area (Å²) in [7, 11) is 0. The van der Waals surface area contributed by atoms with E-state index in [9.17, 15) is 4.79 Å². The molecule has 114 valence electrons. The van der Waals surface area contributed by atoms with Crippen molar-refractivity contribution < 1.29 is 4.79 Å². The van der Waals surface area contributed by atoms with E-state index < -0.39 is 0 Å². The zero-order valence-electron chi connectivity index (χ0n) is 12.9. The first-order chi connectivity index (χ1) is 10.1. The fourth-order valence-electron chi connectivity index (χ4n) is 3.83. The van der Waals surface area contributed by atoms with Crippen LogP contribution in [0, 0.1) is 5.92 Å². The monoisotopic (exact) mass is 286 g/mol. The van der Waals surface area contributed by atoms with Crippen molar-refractivity contribution in [1.82, 2.24) is 5.32 Å². The number of carbonyl (C=O) groups excluding carboxylic acids is 1. The van der Waals surface area contributed by atoms with E-state index in [0.717, 1.165) is 31.2 Å². The van der Waals surface area contributed by atoms with Gasteiger partial charge in [0, 0.05) is 6.54 Å². The molecule has 0 bridgehead atoms. The minimum Gasteiger partial charge on any atom is -0.348 e. The molecule has 3 nitrogen and oxygen atoms in total.